The minimum Gasteiger partial charge on any atom is -0.444 e. The Bertz CT molecular complexity index is 182. The number of hydrogen-bond donors (Lipinski definition) is 2. The molecule has 0 saturated carbocycles. The van der Waals surface area contributed by atoms with E-state index >= 15 is 0 Å². The predicted molar refractivity (Wildman–Crippen MR) is 61.7 cm³/mol. The Balaban J connectivity index is 0.000000262. The summed E-state index contributed by atoms with van der Waals surface area (Å²) in [6, 6.07) is 0. The third-order valence-corrected chi connectivity index (χ3v) is 2.03. The Morgan fingerprint density at radius 2 is 1.80 bits per heavy atom. The minimum absolute atomic E-state index is 0.453. The van der Waals surface area contributed by atoms with Crippen LogP contribution in [-0.2, 0) is 4.74 Å². The van der Waals surface area contributed by atoms with Crippen molar-refractivity contribution in [2.75, 3.05) is 13.1 Å². The molecule has 0 atom stereocenters. The van der Waals surface area contributed by atoms with E-state index in [9.17, 15) is 4.79 Å². The van der Waals surface area contributed by atoms with Crippen LogP contribution in [0.3, 0.4) is 0 Å². The number of amides is 1. The van der Waals surface area contributed by atoms with E-state index in [0.717, 1.165) is 5.92 Å². The van der Waals surface area contributed by atoms with Crippen LogP contribution in [0.5, 0.6) is 0 Å². The van der Waals surface area contributed by atoms with Crippen LogP contribution in [0.1, 0.15) is 40.5 Å². The fourth-order valence-electron chi connectivity index (χ4n) is 1.27. The Hall–Kier alpha value is -0.770. The Morgan fingerprint density at radius 1 is 1.33 bits per heavy atom. The summed E-state index contributed by atoms with van der Waals surface area (Å²) in [5.41, 5.74) is 4.26. The largest absolute Gasteiger partial charge is 0.444 e. The molecule has 0 radical (unpaired) electrons. The number of ether oxygens (including phenoxy) is 1. The second-order valence-electron chi connectivity index (χ2n) is 4.97. The molecule has 0 aromatic heterocycles. The van der Waals surface area contributed by atoms with Crippen molar-refractivity contribution in [1.29, 1.82) is 0 Å². The molecule has 1 fully saturated rings. The molecule has 1 amide bonds. The molecule has 1 saturated heterocycles. The zero-order valence-corrected chi connectivity index (χ0v) is 10.3. The van der Waals surface area contributed by atoms with Crippen LogP contribution in [0.15, 0.2) is 0 Å². The number of piperidine rings is 1. The molecule has 1 heterocycles. The summed E-state index contributed by atoms with van der Waals surface area (Å²) in [7, 11) is 0. The summed E-state index contributed by atoms with van der Waals surface area (Å²) in [5, 5.41) is 3.32. The smallest absolute Gasteiger partial charge is 0.405 e. The molecule has 0 aromatic rings. The molecule has 0 unspecified atom stereocenters. The number of carbonyl (C=O) groups excluding carboxylic acids is 1. The van der Waals surface area contributed by atoms with Gasteiger partial charge in [-0.25, -0.2) is 4.79 Å². The van der Waals surface area contributed by atoms with Crippen molar-refractivity contribution >= 4 is 6.09 Å². The second-order valence-corrected chi connectivity index (χ2v) is 4.97. The van der Waals surface area contributed by atoms with E-state index in [-0.39, 0.29) is 0 Å². The van der Waals surface area contributed by atoms with Gasteiger partial charge in [-0.2, -0.15) is 0 Å². The van der Waals surface area contributed by atoms with Gasteiger partial charge < -0.3 is 15.8 Å². The first-order chi connectivity index (χ1) is 6.81. The highest BCUT2D eigenvalue weighted by atomic mass is 16.6. The normalized spacial score (nSPS) is 17.6. The third kappa shape index (κ3) is 11.2. The van der Waals surface area contributed by atoms with Crippen LogP contribution in [0.2, 0.25) is 0 Å². The van der Waals surface area contributed by atoms with Gasteiger partial charge in [-0.15, -0.1) is 0 Å². The highest BCUT2D eigenvalue weighted by molar-refractivity contribution is 5.65. The zero-order valence-electron chi connectivity index (χ0n) is 10.3. The Labute approximate surface area is 92.6 Å². The number of carbonyl (C=O) groups is 1. The lowest BCUT2D eigenvalue weighted by Crippen LogP contribution is -2.27. The van der Waals surface area contributed by atoms with Crippen LogP contribution >= 0.6 is 0 Å². The van der Waals surface area contributed by atoms with Gasteiger partial charge in [0.1, 0.15) is 5.60 Å². The lowest BCUT2D eigenvalue weighted by molar-refractivity contribution is 0.0600. The molecule has 1 aliphatic rings. The van der Waals surface area contributed by atoms with Crippen LogP contribution < -0.4 is 11.1 Å². The number of primary amides is 1. The van der Waals surface area contributed by atoms with Crippen molar-refractivity contribution in [2.45, 2.75) is 46.1 Å². The van der Waals surface area contributed by atoms with Crippen LogP contribution in [0.25, 0.3) is 0 Å². The fraction of sp³-hybridized carbons (Fsp3) is 0.909. The van der Waals surface area contributed by atoms with Gasteiger partial charge in [-0.05, 0) is 52.6 Å². The summed E-state index contributed by atoms with van der Waals surface area (Å²) < 4.78 is 4.58. The molecule has 90 valence electrons. The zero-order chi connectivity index (χ0) is 11.9. The average molecular weight is 216 g/mol. The SMILES string of the molecule is CC(C)(C)OC(N)=O.CC1CCNCC1. The standard InChI is InChI=1S/C6H13N.C5H11NO2/c1-6-2-4-7-5-3-6;1-5(2,3)8-4(6)7/h6-7H,2-5H2,1H3;1-3H3,(H2,6,7). The van der Waals surface area contributed by atoms with Crippen molar-refractivity contribution in [2.24, 2.45) is 11.7 Å². The van der Waals surface area contributed by atoms with E-state index in [1.807, 2.05) is 0 Å². The van der Waals surface area contributed by atoms with Gasteiger partial charge in [0.2, 0.25) is 0 Å². The van der Waals surface area contributed by atoms with Gasteiger partial charge in [0.15, 0.2) is 0 Å². The van der Waals surface area contributed by atoms with Crippen molar-refractivity contribution < 1.29 is 9.53 Å². The Morgan fingerprint density at radius 3 is 1.93 bits per heavy atom. The molecular formula is C11H24N2O2. The van der Waals surface area contributed by atoms with Crippen LogP contribution in [-0.4, -0.2) is 24.8 Å². The molecular weight excluding hydrogens is 192 g/mol. The van der Waals surface area contributed by atoms with E-state index in [1.165, 1.54) is 25.9 Å². The van der Waals surface area contributed by atoms with Gasteiger partial charge in [-0.1, -0.05) is 6.92 Å². The summed E-state index contributed by atoms with van der Waals surface area (Å²) in [4.78, 5) is 10.0. The fourth-order valence-corrected chi connectivity index (χ4v) is 1.27. The maximum absolute atomic E-state index is 10.0. The average Bonchev–Trinajstić information content (AvgIpc) is 2.01. The molecule has 15 heavy (non-hydrogen) atoms. The first-order valence-electron chi connectivity index (χ1n) is 5.50. The maximum atomic E-state index is 10.0. The van der Waals surface area contributed by atoms with Gasteiger partial charge >= 0.3 is 6.09 Å². The lowest BCUT2D eigenvalue weighted by atomic mass is 10.0. The van der Waals surface area contributed by atoms with Crippen LogP contribution in [0, 0.1) is 5.92 Å². The molecule has 4 heteroatoms. The topological polar surface area (TPSA) is 64.3 Å². The summed E-state index contributed by atoms with van der Waals surface area (Å²) in [5.74, 6) is 0.973. The monoisotopic (exact) mass is 216 g/mol. The highest BCUT2D eigenvalue weighted by Crippen LogP contribution is 2.08. The van der Waals surface area contributed by atoms with Crippen molar-refractivity contribution in [3.63, 3.8) is 0 Å². The molecule has 1 rings (SSSR count). The first-order valence-corrected chi connectivity index (χ1v) is 5.50. The number of nitrogens with one attached hydrogen (secondary N) is 1. The van der Waals surface area contributed by atoms with Gasteiger partial charge in [-0.3, -0.25) is 0 Å². The predicted octanol–water partition coefficient (Wildman–Crippen LogP) is 1.89. The minimum atomic E-state index is -0.725. The number of rotatable bonds is 0. The quantitative estimate of drug-likeness (QED) is 0.650. The highest BCUT2D eigenvalue weighted by Gasteiger charge is 2.12. The summed E-state index contributed by atoms with van der Waals surface area (Å²) in [6.45, 7) is 10.1. The summed E-state index contributed by atoms with van der Waals surface area (Å²) in [6.07, 6.45) is 2.03. The van der Waals surface area contributed by atoms with Gasteiger partial charge in [0, 0.05) is 0 Å². The van der Waals surface area contributed by atoms with E-state index in [0.29, 0.717) is 0 Å². The molecule has 0 aromatic carbocycles. The number of nitrogens with two attached hydrogens (primary N) is 1. The van der Waals surface area contributed by atoms with E-state index in [1.54, 1.807) is 20.8 Å². The first kappa shape index (κ1) is 14.2. The molecule has 1 aliphatic heterocycles. The molecule has 0 aliphatic carbocycles. The summed E-state index contributed by atoms with van der Waals surface area (Å²) >= 11 is 0. The van der Waals surface area contributed by atoms with E-state index in [4.69, 9.17) is 5.73 Å². The van der Waals surface area contributed by atoms with E-state index in [2.05, 4.69) is 17.0 Å². The maximum Gasteiger partial charge on any atom is 0.405 e. The third-order valence-electron chi connectivity index (χ3n) is 2.03. The second kappa shape index (κ2) is 6.67. The number of hydrogen-bond acceptors (Lipinski definition) is 3. The molecule has 4 nitrogen and oxygen atoms in total. The Kier molecular flexibility index (Phi) is 6.32. The molecule has 0 spiro atoms. The lowest BCUT2D eigenvalue weighted by Gasteiger charge is -2.17. The van der Waals surface area contributed by atoms with Crippen LogP contribution in [0.4, 0.5) is 4.79 Å². The molecule has 0 bridgehead atoms. The van der Waals surface area contributed by atoms with Gasteiger partial charge in [0.25, 0.3) is 0 Å². The van der Waals surface area contributed by atoms with Crippen molar-refractivity contribution in [3.05, 3.63) is 0 Å². The molecule has 3 N–H and O–H groups in total. The van der Waals surface area contributed by atoms with Crippen molar-refractivity contribution in [3.8, 4) is 0 Å². The van der Waals surface area contributed by atoms with Gasteiger partial charge in [0.05, 0.1) is 0 Å². The van der Waals surface area contributed by atoms with Crippen molar-refractivity contribution in [1.82, 2.24) is 5.32 Å². The van der Waals surface area contributed by atoms with E-state index < -0.39 is 11.7 Å².